The van der Waals surface area contributed by atoms with Crippen molar-refractivity contribution >= 4 is 22.4 Å². The summed E-state index contributed by atoms with van der Waals surface area (Å²) >= 11 is 0. The molecule has 1 aromatic heterocycles. The highest BCUT2D eigenvalue weighted by atomic mass is 14.9. The minimum atomic E-state index is 0. The lowest BCUT2D eigenvalue weighted by Crippen LogP contribution is -2.00. The number of imidazole rings is 1. The molecule has 0 aliphatic carbocycles. The van der Waals surface area contributed by atoms with Crippen LogP contribution in [0.15, 0.2) is 18.5 Å². The van der Waals surface area contributed by atoms with E-state index in [4.69, 9.17) is 5.73 Å². The van der Waals surface area contributed by atoms with E-state index in [1.54, 1.807) is 6.33 Å². The lowest BCUT2D eigenvalue weighted by Gasteiger charge is -2.06. The van der Waals surface area contributed by atoms with E-state index in [2.05, 4.69) is 15.3 Å². The number of aromatic nitrogens is 2. The van der Waals surface area contributed by atoms with Crippen molar-refractivity contribution in [2.75, 3.05) is 17.6 Å². The minimum Gasteiger partial charge on any atom is -0.397 e. The Morgan fingerprint density at radius 1 is 1.62 bits per heavy atom. The standard InChI is InChI=1S/C9H12N4.2H2/c1-2-11-7-4-9-8(3-6(7)10)12-5-13-9;;/h3-5,11H,2,10H2,1H3,(H,12,13);2*1H. The van der Waals surface area contributed by atoms with Crippen LogP contribution in [0.1, 0.15) is 9.78 Å². The predicted octanol–water partition coefficient (Wildman–Crippen LogP) is 2.07. The average molecular weight is 180 g/mol. The van der Waals surface area contributed by atoms with Gasteiger partial charge in [-0.1, -0.05) is 0 Å². The molecule has 0 radical (unpaired) electrons. The number of hydrogen-bond donors (Lipinski definition) is 3. The Bertz CT molecular complexity index is 427. The van der Waals surface area contributed by atoms with Gasteiger partial charge in [-0.15, -0.1) is 0 Å². The van der Waals surface area contributed by atoms with Gasteiger partial charge in [0, 0.05) is 9.40 Å². The lowest BCUT2D eigenvalue weighted by atomic mass is 10.2. The van der Waals surface area contributed by atoms with Crippen molar-refractivity contribution in [1.82, 2.24) is 9.97 Å². The number of nitrogens with two attached hydrogens (primary N) is 1. The van der Waals surface area contributed by atoms with Crippen molar-refractivity contribution in [2.45, 2.75) is 6.92 Å². The van der Waals surface area contributed by atoms with Gasteiger partial charge < -0.3 is 16.0 Å². The molecule has 4 nitrogen and oxygen atoms in total. The molecule has 72 valence electrons. The Morgan fingerprint density at radius 3 is 3.23 bits per heavy atom. The van der Waals surface area contributed by atoms with Gasteiger partial charge >= 0.3 is 0 Å². The molecule has 0 saturated carbocycles. The molecule has 2 rings (SSSR count). The molecule has 2 aromatic rings. The zero-order valence-electron chi connectivity index (χ0n) is 7.46. The van der Waals surface area contributed by atoms with Crippen LogP contribution in [0.3, 0.4) is 0 Å². The smallest absolute Gasteiger partial charge is 0.0931 e. The quantitative estimate of drug-likeness (QED) is 0.620. The average Bonchev–Trinajstić information content (AvgIpc) is 2.52. The van der Waals surface area contributed by atoms with Gasteiger partial charge in [0.25, 0.3) is 0 Å². The molecule has 4 heteroatoms. The maximum atomic E-state index is 5.82. The van der Waals surface area contributed by atoms with Crippen LogP contribution in [0.4, 0.5) is 11.4 Å². The van der Waals surface area contributed by atoms with Gasteiger partial charge in [0.1, 0.15) is 0 Å². The zero-order valence-corrected chi connectivity index (χ0v) is 7.46. The summed E-state index contributed by atoms with van der Waals surface area (Å²) in [6, 6.07) is 3.84. The highest BCUT2D eigenvalue weighted by Crippen LogP contribution is 2.23. The van der Waals surface area contributed by atoms with Crippen LogP contribution >= 0.6 is 0 Å². The third kappa shape index (κ3) is 1.30. The van der Waals surface area contributed by atoms with Crippen LogP contribution in [0, 0.1) is 0 Å². The van der Waals surface area contributed by atoms with Crippen LogP contribution in [0.5, 0.6) is 0 Å². The Hall–Kier alpha value is -1.71. The molecule has 0 aliphatic rings. The minimum absolute atomic E-state index is 0. The summed E-state index contributed by atoms with van der Waals surface area (Å²) in [4.78, 5) is 7.16. The number of fused-ring (bicyclic) bond motifs is 1. The zero-order chi connectivity index (χ0) is 9.26. The summed E-state index contributed by atoms with van der Waals surface area (Å²) in [6.45, 7) is 2.90. The number of aromatic amines is 1. The van der Waals surface area contributed by atoms with E-state index < -0.39 is 0 Å². The second kappa shape index (κ2) is 2.97. The first-order chi connectivity index (χ1) is 6.31. The fourth-order valence-electron chi connectivity index (χ4n) is 1.34. The van der Waals surface area contributed by atoms with Gasteiger partial charge in [-0.2, -0.15) is 0 Å². The second-order valence-corrected chi connectivity index (χ2v) is 2.89. The van der Waals surface area contributed by atoms with Crippen LogP contribution in [-0.4, -0.2) is 16.5 Å². The van der Waals surface area contributed by atoms with E-state index in [0.29, 0.717) is 0 Å². The van der Waals surface area contributed by atoms with Crippen molar-refractivity contribution in [3.05, 3.63) is 18.5 Å². The number of nitrogens with zero attached hydrogens (tertiary/aromatic N) is 1. The number of anilines is 2. The van der Waals surface area contributed by atoms with Crippen LogP contribution in [-0.2, 0) is 0 Å². The molecule has 0 spiro atoms. The molecular weight excluding hydrogens is 164 g/mol. The second-order valence-electron chi connectivity index (χ2n) is 2.89. The largest absolute Gasteiger partial charge is 0.397 e. The van der Waals surface area contributed by atoms with Gasteiger partial charge in [0.2, 0.25) is 0 Å². The van der Waals surface area contributed by atoms with Gasteiger partial charge in [-0.25, -0.2) is 4.98 Å². The summed E-state index contributed by atoms with van der Waals surface area (Å²) < 4.78 is 0. The Balaban J connectivity index is 0.000000980. The van der Waals surface area contributed by atoms with E-state index >= 15 is 0 Å². The molecule has 0 aliphatic heterocycles. The predicted molar refractivity (Wildman–Crippen MR) is 58.9 cm³/mol. The lowest BCUT2D eigenvalue weighted by molar-refractivity contribution is 1.22. The van der Waals surface area contributed by atoms with Crippen LogP contribution in [0.2, 0.25) is 0 Å². The maximum Gasteiger partial charge on any atom is 0.0931 e. The first kappa shape index (κ1) is 7.91. The molecule has 0 saturated heterocycles. The van der Waals surface area contributed by atoms with Gasteiger partial charge in [0.05, 0.1) is 28.7 Å². The monoisotopic (exact) mass is 180 g/mol. The summed E-state index contributed by atoms with van der Waals surface area (Å²) in [6.07, 6.45) is 1.67. The third-order valence-corrected chi connectivity index (χ3v) is 1.96. The summed E-state index contributed by atoms with van der Waals surface area (Å²) in [5.41, 5.74) is 9.42. The molecule has 0 fully saturated rings. The normalized spacial score (nSPS) is 10.5. The first-order valence-corrected chi connectivity index (χ1v) is 4.27. The molecule has 4 N–H and O–H groups in total. The topological polar surface area (TPSA) is 66.7 Å². The number of H-pyrrole nitrogens is 1. The van der Waals surface area contributed by atoms with Crippen LogP contribution in [0.25, 0.3) is 11.0 Å². The molecule has 0 bridgehead atoms. The van der Waals surface area contributed by atoms with Crippen molar-refractivity contribution in [3.8, 4) is 0 Å². The molecule has 13 heavy (non-hydrogen) atoms. The van der Waals surface area contributed by atoms with Crippen molar-refractivity contribution in [1.29, 1.82) is 0 Å². The molecule has 0 unspecified atom stereocenters. The van der Waals surface area contributed by atoms with Gasteiger partial charge in [-0.3, -0.25) is 0 Å². The van der Waals surface area contributed by atoms with Crippen molar-refractivity contribution in [3.63, 3.8) is 0 Å². The number of nitrogens with one attached hydrogen (secondary N) is 2. The van der Waals surface area contributed by atoms with E-state index in [9.17, 15) is 0 Å². The molecule has 0 amide bonds. The summed E-state index contributed by atoms with van der Waals surface area (Å²) in [5.74, 6) is 0. The number of benzene rings is 1. The highest BCUT2D eigenvalue weighted by Gasteiger charge is 2.01. The summed E-state index contributed by atoms with van der Waals surface area (Å²) in [5, 5.41) is 3.18. The number of nitrogen functional groups attached to an aromatic ring is 1. The Morgan fingerprint density at radius 2 is 2.46 bits per heavy atom. The third-order valence-electron chi connectivity index (χ3n) is 1.96. The molecule has 1 aromatic carbocycles. The van der Waals surface area contributed by atoms with E-state index in [1.165, 1.54) is 0 Å². The fraction of sp³-hybridized carbons (Fsp3) is 0.222. The van der Waals surface area contributed by atoms with E-state index in [-0.39, 0.29) is 2.85 Å². The highest BCUT2D eigenvalue weighted by molar-refractivity contribution is 5.86. The van der Waals surface area contributed by atoms with Crippen molar-refractivity contribution < 1.29 is 2.85 Å². The first-order valence-electron chi connectivity index (χ1n) is 4.27. The van der Waals surface area contributed by atoms with E-state index in [0.717, 1.165) is 29.0 Å². The molecule has 0 atom stereocenters. The number of rotatable bonds is 2. The molecular formula is C9H16N4. The van der Waals surface area contributed by atoms with E-state index in [1.807, 2.05) is 19.1 Å². The van der Waals surface area contributed by atoms with Gasteiger partial charge in [-0.05, 0) is 19.1 Å². The Labute approximate surface area is 79.1 Å². The summed E-state index contributed by atoms with van der Waals surface area (Å²) in [7, 11) is 0. The number of hydrogen-bond acceptors (Lipinski definition) is 3. The van der Waals surface area contributed by atoms with Crippen molar-refractivity contribution in [2.24, 2.45) is 0 Å². The fourth-order valence-corrected chi connectivity index (χ4v) is 1.34. The van der Waals surface area contributed by atoms with Gasteiger partial charge in [0.15, 0.2) is 0 Å². The Kier molecular flexibility index (Phi) is 1.81. The SMILES string of the molecule is CCNc1cc2nc[nH]c2cc1N.[HH].[HH]. The maximum absolute atomic E-state index is 5.82. The van der Waals surface area contributed by atoms with Crippen LogP contribution < -0.4 is 11.1 Å². The molecule has 1 heterocycles.